The lowest BCUT2D eigenvalue weighted by atomic mass is 9.43. The van der Waals surface area contributed by atoms with Crippen LogP contribution in [0.2, 0.25) is 0 Å². The van der Waals surface area contributed by atoms with E-state index in [1.807, 2.05) is 6.07 Å². The predicted octanol–water partition coefficient (Wildman–Crippen LogP) is 2.77. The van der Waals surface area contributed by atoms with Crippen LogP contribution in [0.3, 0.4) is 0 Å². The first-order chi connectivity index (χ1) is 8.36. The predicted molar refractivity (Wildman–Crippen MR) is 68.5 cm³/mol. The Bertz CT molecular complexity index is 418. The minimum Gasteiger partial charge on any atom is -0.350 e. The zero-order chi connectivity index (χ0) is 13.0. The first-order valence-electron chi connectivity index (χ1n) is 7.04. The van der Waals surface area contributed by atoms with E-state index in [2.05, 4.69) is 19.2 Å². The van der Waals surface area contributed by atoms with Crippen LogP contribution in [0.15, 0.2) is 0 Å². The molecule has 0 radical (unpaired) electrons. The second-order valence-electron chi connectivity index (χ2n) is 7.79. The van der Waals surface area contributed by atoms with Gasteiger partial charge in [-0.25, -0.2) is 0 Å². The van der Waals surface area contributed by atoms with Gasteiger partial charge in [-0.05, 0) is 55.3 Å². The summed E-state index contributed by atoms with van der Waals surface area (Å²) >= 11 is 0. The number of hydrogen-bond acceptors (Lipinski definition) is 2. The van der Waals surface area contributed by atoms with Gasteiger partial charge in [0.25, 0.3) is 0 Å². The summed E-state index contributed by atoms with van der Waals surface area (Å²) in [5, 5.41) is 11.9. The molecule has 1 amide bonds. The van der Waals surface area contributed by atoms with E-state index >= 15 is 0 Å². The van der Waals surface area contributed by atoms with E-state index in [0.29, 0.717) is 10.8 Å². The summed E-state index contributed by atoms with van der Waals surface area (Å²) in [6.07, 6.45) is 7.34. The number of carbonyl (C=O) groups excluding carboxylic acids is 1. The van der Waals surface area contributed by atoms with Crippen LogP contribution in [0.1, 0.15) is 58.8 Å². The van der Waals surface area contributed by atoms with Crippen LogP contribution in [0, 0.1) is 28.1 Å². The quantitative estimate of drug-likeness (QED) is 0.814. The van der Waals surface area contributed by atoms with Gasteiger partial charge in [0.15, 0.2) is 0 Å². The van der Waals surface area contributed by atoms with Gasteiger partial charge < -0.3 is 5.32 Å². The fourth-order valence-electron chi connectivity index (χ4n) is 6.00. The smallest absolute Gasteiger partial charge is 0.234 e. The second kappa shape index (κ2) is 3.50. The second-order valence-corrected chi connectivity index (χ2v) is 7.79. The average molecular weight is 246 g/mol. The van der Waals surface area contributed by atoms with Crippen molar-refractivity contribution in [2.75, 3.05) is 0 Å². The maximum absolute atomic E-state index is 11.8. The Morgan fingerprint density at radius 3 is 2.33 bits per heavy atom. The molecule has 0 spiro atoms. The van der Waals surface area contributed by atoms with Crippen molar-refractivity contribution in [1.82, 2.24) is 5.32 Å². The Morgan fingerprint density at radius 1 is 1.22 bits per heavy atom. The molecule has 1 N–H and O–H groups in total. The maximum Gasteiger partial charge on any atom is 0.234 e. The highest BCUT2D eigenvalue weighted by Gasteiger charge is 2.60. The third-order valence-corrected chi connectivity index (χ3v) is 5.27. The highest BCUT2D eigenvalue weighted by atomic mass is 16.1. The number of carbonyl (C=O) groups is 1. The SMILES string of the molecule is CC12CC3CC(C)(C1)CC(NC(=O)CC#N)(C3)C2. The third-order valence-electron chi connectivity index (χ3n) is 5.27. The number of rotatable bonds is 2. The molecule has 0 aromatic carbocycles. The Hall–Kier alpha value is -1.04. The largest absolute Gasteiger partial charge is 0.350 e. The molecule has 4 rings (SSSR count). The highest BCUT2D eigenvalue weighted by molar-refractivity contribution is 5.79. The van der Waals surface area contributed by atoms with E-state index in [1.54, 1.807) is 0 Å². The molecule has 0 saturated heterocycles. The lowest BCUT2D eigenvalue weighted by Crippen LogP contribution is -2.65. The molecular weight excluding hydrogens is 224 g/mol. The molecule has 0 heterocycles. The monoisotopic (exact) mass is 246 g/mol. The average Bonchev–Trinajstić information content (AvgIpc) is 2.09. The van der Waals surface area contributed by atoms with Crippen LogP contribution >= 0.6 is 0 Å². The fraction of sp³-hybridized carbons (Fsp3) is 0.867. The van der Waals surface area contributed by atoms with Crippen molar-refractivity contribution in [3.05, 3.63) is 0 Å². The molecule has 4 aliphatic carbocycles. The summed E-state index contributed by atoms with van der Waals surface area (Å²) < 4.78 is 0. The van der Waals surface area contributed by atoms with Crippen molar-refractivity contribution in [3.63, 3.8) is 0 Å². The summed E-state index contributed by atoms with van der Waals surface area (Å²) in [7, 11) is 0. The molecule has 2 atom stereocenters. The van der Waals surface area contributed by atoms with Crippen LogP contribution < -0.4 is 5.32 Å². The van der Waals surface area contributed by atoms with Crippen LogP contribution in [0.4, 0.5) is 0 Å². The first-order valence-corrected chi connectivity index (χ1v) is 7.04. The Balaban J connectivity index is 1.85. The van der Waals surface area contributed by atoms with Crippen LogP contribution in [-0.2, 0) is 4.79 Å². The third kappa shape index (κ3) is 1.83. The van der Waals surface area contributed by atoms with Gasteiger partial charge in [0.05, 0.1) is 6.07 Å². The van der Waals surface area contributed by atoms with E-state index in [1.165, 1.54) is 19.3 Å². The number of nitrogens with zero attached hydrogens (tertiary/aromatic N) is 1. The Labute approximate surface area is 109 Å². The lowest BCUT2D eigenvalue weighted by molar-refractivity contribution is -0.138. The van der Waals surface area contributed by atoms with Crippen molar-refractivity contribution in [1.29, 1.82) is 5.26 Å². The van der Waals surface area contributed by atoms with Gasteiger partial charge in [0, 0.05) is 5.54 Å². The van der Waals surface area contributed by atoms with Crippen molar-refractivity contribution in [3.8, 4) is 6.07 Å². The Morgan fingerprint density at radius 2 is 1.83 bits per heavy atom. The number of nitrogens with one attached hydrogen (secondary N) is 1. The molecule has 4 bridgehead atoms. The molecule has 0 aliphatic heterocycles. The van der Waals surface area contributed by atoms with E-state index < -0.39 is 0 Å². The minimum atomic E-state index is -0.0772. The topological polar surface area (TPSA) is 52.9 Å². The standard InChI is InChI=1S/C15H22N2O/c1-13-5-11-6-14(2,8-13)10-15(7-11,9-13)17-12(18)3-4-16/h11H,3,5-10H2,1-2H3,(H,17,18). The summed E-state index contributed by atoms with van der Waals surface area (Å²) in [6, 6.07) is 1.96. The Kier molecular flexibility index (Phi) is 2.33. The van der Waals surface area contributed by atoms with Gasteiger partial charge in [-0.2, -0.15) is 5.26 Å². The van der Waals surface area contributed by atoms with Gasteiger partial charge in [-0.1, -0.05) is 13.8 Å². The molecule has 18 heavy (non-hydrogen) atoms. The van der Waals surface area contributed by atoms with Gasteiger partial charge in [-0.15, -0.1) is 0 Å². The molecular formula is C15H22N2O. The molecule has 4 aliphatic rings. The number of nitriles is 1. The van der Waals surface area contributed by atoms with E-state index in [9.17, 15) is 4.79 Å². The highest BCUT2D eigenvalue weighted by Crippen LogP contribution is 2.66. The maximum atomic E-state index is 11.8. The molecule has 4 fully saturated rings. The molecule has 4 saturated carbocycles. The van der Waals surface area contributed by atoms with Gasteiger partial charge in [0.1, 0.15) is 6.42 Å². The molecule has 3 heteroatoms. The summed E-state index contributed by atoms with van der Waals surface area (Å²) in [6.45, 7) is 4.78. The van der Waals surface area contributed by atoms with Gasteiger partial charge >= 0.3 is 0 Å². The van der Waals surface area contributed by atoms with Crippen molar-refractivity contribution >= 4 is 5.91 Å². The molecule has 0 aromatic heterocycles. The van der Waals surface area contributed by atoms with Crippen molar-refractivity contribution in [2.45, 2.75) is 64.3 Å². The van der Waals surface area contributed by atoms with Gasteiger partial charge in [-0.3, -0.25) is 4.79 Å². The zero-order valence-corrected chi connectivity index (χ0v) is 11.4. The first kappa shape index (κ1) is 12.0. The van der Waals surface area contributed by atoms with Crippen LogP contribution in [0.25, 0.3) is 0 Å². The number of amides is 1. The molecule has 3 nitrogen and oxygen atoms in total. The van der Waals surface area contributed by atoms with E-state index in [0.717, 1.165) is 25.2 Å². The summed E-state index contributed by atoms with van der Waals surface area (Å²) in [5.74, 6) is 0.699. The van der Waals surface area contributed by atoms with Gasteiger partial charge in [0.2, 0.25) is 5.91 Å². The van der Waals surface area contributed by atoms with E-state index in [-0.39, 0.29) is 17.9 Å². The fourth-order valence-corrected chi connectivity index (χ4v) is 6.00. The van der Waals surface area contributed by atoms with Crippen LogP contribution in [0.5, 0.6) is 0 Å². The normalized spacial score (nSPS) is 48.8. The lowest BCUT2D eigenvalue weighted by Gasteiger charge is -2.65. The summed E-state index contributed by atoms with van der Waals surface area (Å²) in [4.78, 5) is 11.8. The molecule has 98 valence electrons. The van der Waals surface area contributed by atoms with Crippen molar-refractivity contribution in [2.24, 2.45) is 16.7 Å². The minimum absolute atomic E-state index is 0.000154. The number of hydrogen-bond donors (Lipinski definition) is 1. The zero-order valence-electron chi connectivity index (χ0n) is 11.4. The van der Waals surface area contributed by atoms with Crippen molar-refractivity contribution < 1.29 is 4.79 Å². The van der Waals surface area contributed by atoms with E-state index in [4.69, 9.17) is 5.26 Å². The molecule has 2 unspecified atom stereocenters. The molecule has 0 aromatic rings. The van der Waals surface area contributed by atoms with Crippen LogP contribution in [-0.4, -0.2) is 11.4 Å². The summed E-state index contributed by atoms with van der Waals surface area (Å²) in [5.41, 5.74) is 0.818.